The van der Waals surface area contributed by atoms with E-state index in [9.17, 15) is 14.9 Å². The monoisotopic (exact) mass is 285 g/mol. The van der Waals surface area contributed by atoms with Gasteiger partial charge in [0.05, 0.1) is 4.92 Å². The first-order valence-corrected chi connectivity index (χ1v) is 5.87. The largest absolute Gasteiger partial charge is 0.337 e. The Kier molecular flexibility index (Phi) is 5.26. The van der Waals surface area contributed by atoms with Crippen LogP contribution in [0.4, 0.5) is 5.69 Å². The molecule has 1 aromatic rings. The third kappa shape index (κ3) is 3.65. The molecule has 7 heteroatoms. The molecule has 1 aromatic carbocycles. The molecule has 1 saturated heterocycles. The third-order valence-electron chi connectivity index (χ3n) is 3.07. The van der Waals surface area contributed by atoms with Crippen molar-refractivity contribution >= 4 is 24.0 Å². The van der Waals surface area contributed by atoms with Gasteiger partial charge in [0.25, 0.3) is 11.6 Å². The maximum atomic E-state index is 12.1. The number of halogens is 1. The quantitative estimate of drug-likeness (QED) is 0.660. The first kappa shape index (κ1) is 15.4. The van der Waals surface area contributed by atoms with Crippen LogP contribution in [0.25, 0.3) is 0 Å². The van der Waals surface area contributed by atoms with Crippen molar-refractivity contribution in [2.45, 2.75) is 18.9 Å². The van der Waals surface area contributed by atoms with Gasteiger partial charge in [0.15, 0.2) is 0 Å². The minimum absolute atomic E-state index is 0. The van der Waals surface area contributed by atoms with Crippen LogP contribution in [-0.4, -0.2) is 34.9 Å². The Balaban J connectivity index is 0.00000180. The van der Waals surface area contributed by atoms with Crippen LogP contribution in [0.15, 0.2) is 24.3 Å². The summed E-state index contributed by atoms with van der Waals surface area (Å²) < 4.78 is 0. The van der Waals surface area contributed by atoms with Crippen molar-refractivity contribution in [1.82, 2.24) is 4.90 Å². The molecule has 0 aromatic heterocycles. The minimum Gasteiger partial charge on any atom is -0.337 e. The van der Waals surface area contributed by atoms with Gasteiger partial charge in [-0.1, -0.05) is 0 Å². The molecule has 1 atom stereocenters. The molecule has 0 saturated carbocycles. The lowest BCUT2D eigenvalue weighted by Crippen LogP contribution is -2.45. The van der Waals surface area contributed by atoms with Crippen LogP contribution >= 0.6 is 12.4 Å². The predicted molar refractivity (Wildman–Crippen MR) is 73.5 cm³/mol. The van der Waals surface area contributed by atoms with E-state index < -0.39 is 4.92 Å². The zero-order valence-electron chi connectivity index (χ0n) is 10.3. The topological polar surface area (TPSA) is 89.5 Å². The zero-order chi connectivity index (χ0) is 13.1. The second-order valence-electron chi connectivity index (χ2n) is 4.46. The van der Waals surface area contributed by atoms with Gasteiger partial charge < -0.3 is 10.6 Å². The van der Waals surface area contributed by atoms with E-state index in [2.05, 4.69) is 0 Å². The Bertz CT molecular complexity index is 464. The lowest BCUT2D eigenvalue weighted by atomic mass is 10.1. The fraction of sp³-hybridized carbons (Fsp3) is 0.417. The fourth-order valence-electron chi connectivity index (χ4n) is 2.10. The predicted octanol–water partition coefficient (Wildman–Crippen LogP) is 1.58. The van der Waals surface area contributed by atoms with Gasteiger partial charge in [-0.3, -0.25) is 14.9 Å². The number of carbonyl (C=O) groups excluding carboxylic acids is 1. The number of carbonyl (C=O) groups is 1. The Morgan fingerprint density at radius 3 is 2.53 bits per heavy atom. The maximum Gasteiger partial charge on any atom is 0.269 e. The van der Waals surface area contributed by atoms with Gasteiger partial charge in [0.2, 0.25) is 0 Å². The van der Waals surface area contributed by atoms with Crippen molar-refractivity contribution < 1.29 is 9.72 Å². The van der Waals surface area contributed by atoms with Crippen LogP contribution in [0.3, 0.4) is 0 Å². The van der Waals surface area contributed by atoms with Crippen LogP contribution in [0.1, 0.15) is 23.2 Å². The number of nitrogens with two attached hydrogens (primary N) is 1. The summed E-state index contributed by atoms with van der Waals surface area (Å²) in [5.74, 6) is -0.111. The number of rotatable bonds is 2. The van der Waals surface area contributed by atoms with E-state index in [1.54, 1.807) is 4.90 Å². The standard InChI is InChI=1S/C12H15N3O3.ClH/c13-10-2-1-7-14(8-10)12(16)9-3-5-11(6-4-9)15(17)18;/h3-6,10H,1-2,7-8,13H2;1H/t10-;/m1./s1. The number of non-ortho nitro benzene ring substituents is 1. The maximum absolute atomic E-state index is 12.1. The Morgan fingerprint density at radius 2 is 2.00 bits per heavy atom. The van der Waals surface area contributed by atoms with Crippen molar-refractivity contribution in [2.75, 3.05) is 13.1 Å². The summed E-state index contributed by atoms with van der Waals surface area (Å²) in [5.41, 5.74) is 6.28. The van der Waals surface area contributed by atoms with Crippen molar-refractivity contribution in [3.05, 3.63) is 39.9 Å². The number of nitro groups is 1. The van der Waals surface area contributed by atoms with Gasteiger partial charge in [0.1, 0.15) is 0 Å². The second kappa shape index (κ2) is 6.49. The summed E-state index contributed by atoms with van der Waals surface area (Å²) in [7, 11) is 0. The van der Waals surface area contributed by atoms with Crippen LogP contribution < -0.4 is 5.73 Å². The highest BCUT2D eigenvalue weighted by Gasteiger charge is 2.22. The van der Waals surface area contributed by atoms with Crippen molar-refractivity contribution in [1.29, 1.82) is 0 Å². The molecule has 0 unspecified atom stereocenters. The van der Waals surface area contributed by atoms with Gasteiger partial charge in [-0.15, -0.1) is 12.4 Å². The van der Waals surface area contributed by atoms with Crippen molar-refractivity contribution in [2.24, 2.45) is 5.73 Å². The van der Waals surface area contributed by atoms with Crippen molar-refractivity contribution in [3.8, 4) is 0 Å². The SMILES string of the molecule is Cl.N[C@@H]1CCCN(C(=O)c2ccc([N+](=O)[O-])cc2)C1. The highest BCUT2D eigenvalue weighted by molar-refractivity contribution is 5.94. The van der Waals surface area contributed by atoms with E-state index in [0.717, 1.165) is 12.8 Å². The van der Waals surface area contributed by atoms with Gasteiger partial charge in [-0.05, 0) is 25.0 Å². The van der Waals surface area contributed by atoms with E-state index in [0.29, 0.717) is 18.7 Å². The molecule has 0 spiro atoms. The summed E-state index contributed by atoms with van der Waals surface area (Å²) in [5, 5.41) is 10.5. The number of nitrogens with zero attached hydrogens (tertiary/aromatic N) is 2. The van der Waals surface area contributed by atoms with Gasteiger partial charge in [0, 0.05) is 36.8 Å². The molecule has 19 heavy (non-hydrogen) atoms. The Labute approximate surface area is 117 Å². The molecular formula is C12H16ClN3O3. The lowest BCUT2D eigenvalue weighted by Gasteiger charge is -2.30. The molecule has 0 aliphatic carbocycles. The third-order valence-corrected chi connectivity index (χ3v) is 3.07. The number of hydrogen-bond donors (Lipinski definition) is 1. The van der Waals surface area contributed by atoms with E-state index >= 15 is 0 Å². The van der Waals surface area contributed by atoms with Crippen LogP contribution in [-0.2, 0) is 0 Å². The van der Waals surface area contributed by atoms with E-state index in [1.807, 2.05) is 0 Å². The average Bonchev–Trinajstić information content (AvgIpc) is 2.38. The van der Waals surface area contributed by atoms with Crippen LogP contribution in [0.2, 0.25) is 0 Å². The number of hydrogen-bond acceptors (Lipinski definition) is 4. The van der Waals surface area contributed by atoms with Crippen LogP contribution in [0, 0.1) is 10.1 Å². The van der Waals surface area contributed by atoms with Gasteiger partial charge >= 0.3 is 0 Å². The fourth-order valence-corrected chi connectivity index (χ4v) is 2.10. The molecule has 0 bridgehead atoms. The van der Waals surface area contributed by atoms with Gasteiger partial charge in [-0.2, -0.15) is 0 Å². The normalized spacial score (nSPS) is 18.6. The minimum atomic E-state index is -0.481. The Morgan fingerprint density at radius 1 is 1.37 bits per heavy atom. The second-order valence-corrected chi connectivity index (χ2v) is 4.46. The number of piperidine rings is 1. The molecule has 104 valence electrons. The molecule has 1 aliphatic heterocycles. The average molecular weight is 286 g/mol. The number of amides is 1. The first-order chi connectivity index (χ1) is 8.58. The Hall–Kier alpha value is -1.66. The molecule has 1 aliphatic rings. The van der Waals surface area contributed by atoms with E-state index in [-0.39, 0.29) is 30.0 Å². The molecule has 1 amide bonds. The van der Waals surface area contributed by atoms with E-state index in [4.69, 9.17) is 5.73 Å². The molecule has 1 fully saturated rings. The molecule has 2 N–H and O–H groups in total. The molecular weight excluding hydrogens is 270 g/mol. The highest BCUT2D eigenvalue weighted by Crippen LogP contribution is 2.16. The first-order valence-electron chi connectivity index (χ1n) is 5.87. The molecule has 1 heterocycles. The zero-order valence-corrected chi connectivity index (χ0v) is 11.1. The number of benzene rings is 1. The van der Waals surface area contributed by atoms with Gasteiger partial charge in [-0.25, -0.2) is 0 Å². The summed E-state index contributed by atoms with van der Waals surface area (Å²) in [6.07, 6.45) is 1.84. The number of likely N-dealkylation sites (tertiary alicyclic amines) is 1. The van der Waals surface area contributed by atoms with Crippen molar-refractivity contribution in [3.63, 3.8) is 0 Å². The smallest absolute Gasteiger partial charge is 0.269 e. The molecule has 2 rings (SSSR count). The van der Waals surface area contributed by atoms with E-state index in [1.165, 1.54) is 24.3 Å². The molecule has 6 nitrogen and oxygen atoms in total. The summed E-state index contributed by atoms with van der Waals surface area (Å²) in [6.45, 7) is 1.25. The summed E-state index contributed by atoms with van der Waals surface area (Å²) in [4.78, 5) is 23.9. The molecule has 0 radical (unpaired) electrons. The summed E-state index contributed by atoms with van der Waals surface area (Å²) >= 11 is 0. The summed E-state index contributed by atoms with van der Waals surface area (Å²) in [6, 6.07) is 5.69. The highest BCUT2D eigenvalue weighted by atomic mass is 35.5. The van der Waals surface area contributed by atoms with Crippen LogP contribution in [0.5, 0.6) is 0 Å². The lowest BCUT2D eigenvalue weighted by molar-refractivity contribution is -0.384. The number of nitro benzene ring substituents is 1.